The molecule has 0 spiro atoms. The van der Waals surface area contributed by atoms with E-state index in [1.165, 1.54) is 0 Å². The molecule has 2 heterocycles. The number of methoxy groups -OCH3 is 1. The van der Waals surface area contributed by atoms with E-state index < -0.39 is 0 Å². The van der Waals surface area contributed by atoms with Crippen LogP contribution in [-0.2, 0) is 0 Å². The molecule has 1 amide bonds. The van der Waals surface area contributed by atoms with E-state index in [0.717, 1.165) is 5.56 Å². The zero-order chi connectivity index (χ0) is 15.7. The van der Waals surface area contributed by atoms with Crippen LogP contribution in [0, 0.1) is 6.92 Å². The predicted molar refractivity (Wildman–Crippen MR) is 86.4 cm³/mol. The molecule has 0 fully saturated rings. The van der Waals surface area contributed by atoms with Crippen molar-refractivity contribution in [1.29, 1.82) is 0 Å². The Morgan fingerprint density at radius 2 is 2.23 bits per heavy atom. The van der Waals surface area contributed by atoms with Crippen LogP contribution in [0.25, 0.3) is 5.65 Å². The first kappa shape index (κ1) is 14.5. The first-order valence-electron chi connectivity index (χ1n) is 6.55. The van der Waals surface area contributed by atoms with Gasteiger partial charge in [-0.3, -0.25) is 4.79 Å². The molecule has 0 aliphatic rings. The zero-order valence-corrected chi connectivity index (χ0v) is 13.6. The van der Waals surface area contributed by atoms with Gasteiger partial charge in [0.25, 0.3) is 5.91 Å². The summed E-state index contributed by atoms with van der Waals surface area (Å²) in [5.74, 6) is 0.262. The van der Waals surface area contributed by atoms with Crippen molar-refractivity contribution in [3.05, 3.63) is 52.4 Å². The Bertz CT molecular complexity index is 860. The highest BCUT2D eigenvalue weighted by atomic mass is 79.9. The topological polar surface area (TPSA) is 68.5 Å². The van der Waals surface area contributed by atoms with Crippen molar-refractivity contribution in [3.63, 3.8) is 0 Å². The molecule has 0 bridgehead atoms. The number of carbonyl (C=O) groups is 1. The third-order valence-corrected chi connectivity index (χ3v) is 3.89. The fraction of sp³-hybridized carbons (Fsp3) is 0.133. The van der Waals surface area contributed by atoms with Gasteiger partial charge in [0.15, 0.2) is 11.3 Å². The van der Waals surface area contributed by atoms with Crippen LogP contribution in [0.4, 0.5) is 5.69 Å². The zero-order valence-electron chi connectivity index (χ0n) is 12.0. The molecule has 0 unspecified atom stereocenters. The smallest absolute Gasteiger partial charge is 0.277 e. The summed E-state index contributed by atoms with van der Waals surface area (Å²) in [6.45, 7) is 1.94. The lowest BCUT2D eigenvalue weighted by Gasteiger charge is -2.10. The molecule has 1 N–H and O–H groups in total. The summed E-state index contributed by atoms with van der Waals surface area (Å²) in [7, 11) is 1.56. The van der Waals surface area contributed by atoms with Gasteiger partial charge in [0.2, 0.25) is 0 Å². The van der Waals surface area contributed by atoms with Crippen molar-refractivity contribution in [1.82, 2.24) is 14.6 Å². The third kappa shape index (κ3) is 2.55. The summed E-state index contributed by atoms with van der Waals surface area (Å²) in [5.41, 5.74) is 2.47. The normalized spacial score (nSPS) is 10.7. The third-order valence-electron chi connectivity index (χ3n) is 3.16. The fourth-order valence-corrected chi connectivity index (χ4v) is 2.65. The fourth-order valence-electron chi connectivity index (χ4n) is 2.10. The number of nitrogens with one attached hydrogen (secondary N) is 1. The highest BCUT2D eigenvalue weighted by Crippen LogP contribution is 2.27. The van der Waals surface area contributed by atoms with Crippen LogP contribution >= 0.6 is 15.9 Å². The van der Waals surface area contributed by atoms with Crippen molar-refractivity contribution in [2.24, 2.45) is 0 Å². The van der Waals surface area contributed by atoms with Gasteiger partial charge < -0.3 is 10.1 Å². The summed E-state index contributed by atoms with van der Waals surface area (Å²) >= 11 is 3.38. The molecule has 0 radical (unpaired) electrons. The van der Waals surface area contributed by atoms with Crippen molar-refractivity contribution < 1.29 is 9.53 Å². The lowest BCUT2D eigenvalue weighted by Crippen LogP contribution is -2.14. The molecular weight excluding hydrogens is 348 g/mol. The maximum atomic E-state index is 12.5. The van der Waals surface area contributed by atoms with Gasteiger partial charge in [0, 0.05) is 12.4 Å². The number of aryl methyl sites for hydroxylation is 1. The van der Waals surface area contributed by atoms with E-state index >= 15 is 0 Å². The molecule has 1 aromatic carbocycles. The Morgan fingerprint density at radius 3 is 2.95 bits per heavy atom. The number of hydrogen-bond acceptors (Lipinski definition) is 4. The summed E-state index contributed by atoms with van der Waals surface area (Å²) in [5, 5.41) is 7.06. The van der Waals surface area contributed by atoms with Crippen LogP contribution < -0.4 is 10.1 Å². The molecule has 0 aliphatic heterocycles. The van der Waals surface area contributed by atoms with Crippen molar-refractivity contribution in [3.8, 4) is 5.75 Å². The van der Waals surface area contributed by atoms with E-state index in [-0.39, 0.29) is 11.6 Å². The van der Waals surface area contributed by atoms with Crippen molar-refractivity contribution in [2.45, 2.75) is 6.92 Å². The van der Waals surface area contributed by atoms with Crippen LogP contribution in [0.15, 0.2) is 41.1 Å². The largest absolute Gasteiger partial charge is 0.495 e. The molecule has 3 rings (SSSR count). The predicted octanol–water partition coefficient (Wildman–Crippen LogP) is 3.06. The number of aromatic nitrogens is 3. The maximum absolute atomic E-state index is 12.5. The van der Waals surface area contributed by atoms with Crippen LogP contribution in [0.2, 0.25) is 0 Å². The minimum absolute atomic E-state index is 0.266. The quantitative estimate of drug-likeness (QED) is 0.779. The minimum atomic E-state index is -0.332. The molecule has 112 valence electrons. The first-order valence-corrected chi connectivity index (χ1v) is 7.34. The van der Waals surface area contributed by atoms with Crippen LogP contribution in [-0.4, -0.2) is 27.6 Å². The van der Waals surface area contributed by atoms with Crippen molar-refractivity contribution >= 4 is 33.2 Å². The van der Waals surface area contributed by atoms with Gasteiger partial charge in [0.1, 0.15) is 5.75 Å². The highest BCUT2D eigenvalue weighted by molar-refractivity contribution is 9.10. The van der Waals surface area contributed by atoms with Gasteiger partial charge in [-0.1, -0.05) is 6.07 Å². The van der Waals surface area contributed by atoms with E-state index in [1.54, 1.807) is 30.1 Å². The monoisotopic (exact) mass is 360 g/mol. The van der Waals surface area contributed by atoms with Crippen molar-refractivity contribution in [2.75, 3.05) is 12.4 Å². The number of ether oxygens (including phenoxy) is 1. The first-order chi connectivity index (χ1) is 10.6. The van der Waals surface area contributed by atoms with E-state index in [0.29, 0.717) is 21.6 Å². The minimum Gasteiger partial charge on any atom is -0.495 e. The number of hydrogen-bond donors (Lipinski definition) is 1. The van der Waals surface area contributed by atoms with Crippen LogP contribution in [0.1, 0.15) is 16.1 Å². The molecule has 6 nitrogen and oxygen atoms in total. The number of fused-ring (bicyclic) bond motifs is 1. The molecule has 3 aromatic rings. The SMILES string of the molecule is COc1ccc(C)cc1NC(=O)c1nn2cccnc2c1Br. The Morgan fingerprint density at radius 1 is 1.41 bits per heavy atom. The molecular formula is C15H13BrN4O2. The average molecular weight is 361 g/mol. The standard InChI is InChI=1S/C15H13BrN4O2/c1-9-4-5-11(22-2)10(8-9)18-15(21)13-12(16)14-17-6-3-7-20(14)19-13/h3-8H,1-2H3,(H,18,21). The molecule has 0 saturated carbocycles. The Balaban J connectivity index is 1.97. The van der Waals surface area contributed by atoms with Gasteiger partial charge >= 0.3 is 0 Å². The number of carbonyl (C=O) groups excluding carboxylic acids is 1. The van der Waals surface area contributed by atoms with Crippen LogP contribution in [0.3, 0.4) is 0 Å². The van der Waals surface area contributed by atoms with Gasteiger partial charge in [0.05, 0.1) is 17.3 Å². The van der Waals surface area contributed by atoms with Crippen LogP contribution in [0.5, 0.6) is 5.75 Å². The summed E-state index contributed by atoms with van der Waals surface area (Å²) < 4.78 is 7.36. The lowest BCUT2D eigenvalue weighted by atomic mass is 10.2. The Kier molecular flexibility index (Phi) is 3.81. The Labute approximate surface area is 135 Å². The molecule has 7 heteroatoms. The molecule has 0 atom stereocenters. The lowest BCUT2D eigenvalue weighted by molar-refractivity contribution is 0.102. The second-order valence-electron chi connectivity index (χ2n) is 4.71. The Hall–Kier alpha value is -2.41. The number of benzene rings is 1. The molecule has 2 aromatic heterocycles. The molecule has 22 heavy (non-hydrogen) atoms. The number of nitrogens with zero attached hydrogens (tertiary/aromatic N) is 3. The van der Waals surface area contributed by atoms with E-state index in [4.69, 9.17) is 4.74 Å². The van der Waals surface area contributed by atoms with Gasteiger partial charge in [-0.25, -0.2) is 9.50 Å². The molecule has 0 saturated heterocycles. The van der Waals surface area contributed by atoms with Gasteiger partial charge in [-0.2, -0.15) is 5.10 Å². The number of amides is 1. The van der Waals surface area contributed by atoms with E-state index in [9.17, 15) is 4.79 Å². The van der Waals surface area contributed by atoms with E-state index in [1.807, 2.05) is 25.1 Å². The van der Waals surface area contributed by atoms with E-state index in [2.05, 4.69) is 31.3 Å². The second-order valence-corrected chi connectivity index (χ2v) is 5.50. The number of anilines is 1. The average Bonchev–Trinajstić information content (AvgIpc) is 2.85. The summed E-state index contributed by atoms with van der Waals surface area (Å²) in [6, 6.07) is 7.32. The maximum Gasteiger partial charge on any atom is 0.277 e. The number of rotatable bonds is 3. The second kappa shape index (κ2) is 5.76. The summed E-state index contributed by atoms with van der Waals surface area (Å²) in [6.07, 6.45) is 3.38. The summed E-state index contributed by atoms with van der Waals surface area (Å²) in [4.78, 5) is 16.7. The number of halogens is 1. The van der Waals surface area contributed by atoms with Gasteiger partial charge in [-0.05, 0) is 46.6 Å². The highest BCUT2D eigenvalue weighted by Gasteiger charge is 2.19. The molecule has 0 aliphatic carbocycles. The van der Waals surface area contributed by atoms with Gasteiger partial charge in [-0.15, -0.1) is 0 Å².